The van der Waals surface area contributed by atoms with Crippen molar-refractivity contribution in [2.24, 2.45) is 10.2 Å². The molecule has 3 aliphatic heterocycles. The Labute approximate surface area is 314 Å². The Bertz CT molecular complexity index is 2130. The van der Waals surface area contributed by atoms with Crippen LogP contribution >= 0.6 is 0 Å². The molecule has 0 fully saturated rings. The Kier molecular flexibility index (Phi) is 11.2. The SMILES string of the molecule is C#CCOCCOc1cc(C2(C(F)(F)F)N=N2)ccc1C(=O)NCCOCCOCCOc1ccc2cc3[n+](cc2c1OC)CCc1cc2c(cc1-3)OCO2. The van der Waals surface area contributed by atoms with Gasteiger partial charge in [0.15, 0.2) is 35.7 Å². The second-order valence-electron chi connectivity index (χ2n) is 12.6. The summed E-state index contributed by atoms with van der Waals surface area (Å²) in [5.74, 6) is 4.45. The van der Waals surface area contributed by atoms with E-state index in [0.717, 1.165) is 58.6 Å². The largest absolute Gasteiger partial charge is 0.492 e. The van der Waals surface area contributed by atoms with Gasteiger partial charge in [-0.15, -0.1) is 16.7 Å². The van der Waals surface area contributed by atoms with Crippen molar-refractivity contribution in [3.63, 3.8) is 0 Å². The van der Waals surface area contributed by atoms with Crippen molar-refractivity contribution in [2.45, 2.75) is 24.8 Å². The molecule has 0 unspecified atom stereocenters. The van der Waals surface area contributed by atoms with E-state index >= 15 is 0 Å². The smallest absolute Gasteiger partial charge is 0.442 e. The summed E-state index contributed by atoms with van der Waals surface area (Å²) in [5.41, 5.74) is 0.550. The van der Waals surface area contributed by atoms with Crippen LogP contribution in [0.1, 0.15) is 21.5 Å². The Morgan fingerprint density at radius 1 is 0.927 bits per heavy atom. The Morgan fingerprint density at radius 3 is 2.40 bits per heavy atom. The van der Waals surface area contributed by atoms with Gasteiger partial charge in [0.05, 0.1) is 56.7 Å². The summed E-state index contributed by atoms with van der Waals surface area (Å²) < 4.78 is 88.0. The lowest BCUT2D eigenvalue weighted by molar-refractivity contribution is -0.686. The van der Waals surface area contributed by atoms with Crippen molar-refractivity contribution < 1.29 is 60.4 Å². The Balaban J connectivity index is 0.847. The summed E-state index contributed by atoms with van der Waals surface area (Å²) in [5, 5.41) is 11.1. The average Bonchev–Trinajstić information content (AvgIpc) is 3.89. The zero-order valence-electron chi connectivity index (χ0n) is 29.9. The number of hydrogen-bond donors (Lipinski definition) is 1. The van der Waals surface area contributed by atoms with Gasteiger partial charge in [0.1, 0.15) is 25.6 Å². The van der Waals surface area contributed by atoms with Crippen LogP contribution in [0.3, 0.4) is 0 Å². The summed E-state index contributed by atoms with van der Waals surface area (Å²) >= 11 is 0. The standard InChI is InChI=1S/C39H37F3N4O9/c1-3-11-49-15-18-53-33-21-27(38(44-45-38)39(40,41)42)5-6-28(33)37(47)43-9-12-50-13-14-51-16-17-52-32-7-4-25-19-31-29-22-35-34(54-24-55-35)20-26(29)8-10-46(31)23-30(25)36(32)48-2/h1,4-7,19-23H,8-18,24H2,2H3/p+1. The number of fused-ring (bicyclic) bond motifs is 5. The monoisotopic (exact) mass is 763 g/mol. The number of carbonyl (C=O) groups excluding carboxylic acids is 1. The maximum Gasteiger partial charge on any atom is 0.442 e. The quantitative estimate of drug-likeness (QED) is 0.0832. The van der Waals surface area contributed by atoms with Crippen LogP contribution in [0, 0.1) is 12.3 Å². The second kappa shape index (κ2) is 16.4. The molecule has 0 radical (unpaired) electrons. The van der Waals surface area contributed by atoms with E-state index in [0.29, 0.717) is 18.1 Å². The fourth-order valence-corrected chi connectivity index (χ4v) is 6.42. The van der Waals surface area contributed by atoms with Crippen LogP contribution in [-0.2, 0) is 32.8 Å². The predicted molar refractivity (Wildman–Crippen MR) is 190 cm³/mol. The zero-order chi connectivity index (χ0) is 38.4. The van der Waals surface area contributed by atoms with E-state index in [9.17, 15) is 18.0 Å². The topological polar surface area (TPSA) is 132 Å². The number of hydrogen-bond acceptors (Lipinski definition) is 11. The zero-order valence-corrected chi connectivity index (χ0v) is 29.9. The fraction of sp³-hybridized carbons (Fsp3) is 0.385. The molecule has 3 aromatic carbocycles. The number of halogens is 3. The summed E-state index contributed by atoms with van der Waals surface area (Å²) in [6.45, 7) is 2.54. The van der Waals surface area contributed by atoms with Crippen LogP contribution in [0.2, 0.25) is 0 Å². The first-order valence-corrected chi connectivity index (χ1v) is 17.6. The van der Waals surface area contributed by atoms with E-state index < -0.39 is 17.7 Å². The average molecular weight is 764 g/mol. The lowest BCUT2D eigenvalue weighted by Crippen LogP contribution is -2.40. The third-order valence-electron chi connectivity index (χ3n) is 9.16. The molecule has 0 saturated carbocycles. The van der Waals surface area contributed by atoms with Gasteiger partial charge < -0.3 is 43.2 Å². The summed E-state index contributed by atoms with van der Waals surface area (Å²) in [7, 11) is 1.62. The number of nitrogens with one attached hydrogen (secondary N) is 1. The fourth-order valence-electron chi connectivity index (χ4n) is 6.42. The van der Waals surface area contributed by atoms with Crippen LogP contribution < -0.4 is 33.6 Å². The number of alkyl halides is 3. The first-order valence-electron chi connectivity index (χ1n) is 17.6. The van der Waals surface area contributed by atoms with Crippen molar-refractivity contribution in [2.75, 3.05) is 73.3 Å². The lowest BCUT2D eigenvalue weighted by Gasteiger charge is -2.18. The molecule has 0 atom stereocenters. The number of methoxy groups -OCH3 is 1. The number of benzene rings is 3. The van der Waals surface area contributed by atoms with Gasteiger partial charge in [-0.25, -0.2) is 0 Å². The van der Waals surface area contributed by atoms with E-state index in [2.05, 4.69) is 44.4 Å². The number of aryl methyl sites for hydroxylation is 2. The predicted octanol–water partition coefficient (Wildman–Crippen LogP) is 5.14. The van der Waals surface area contributed by atoms with E-state index in [1.165, 1.54) is 11.6 Å². The van der Waals surface area contributed by atoms with Crippen LogP contribution in [0.25, 0.3) is 22.0 Å². The van der Waals surface area contributed by atoms with Crippen molar-refractivity contribution in [1.82, 2.24) is 5.32 Å². The number of terminal acetylenes is 1. The Morgan fingerprint density at radius 2 is 1.65 bits per heavy atom. The molecule has 288 valence electrons. The molecule has 16 heteroatoms. The first-order chi connectivity index (χ1) is 26.7. The van der Waals surface area contributed by atoms with E-state index in [-0.39, 0.29) is 76.5 Å². The molecule has 7 rings (SSSR count). The first kappa shape index (κ1) is 37.7. The number of aromatic nitrogens is 1. The highest BCUT2D eigenvalue weighted by Gasteiger charge is 2.65. The minimum absolute atomic E-state index is 0.0306. The van der Waals surface area contributed by atoms with Crippen LogP contribution in [0.15, 0.2) is 65.0 Å². The molecular weight excluding hydrogens is 725 g/mol. The minimum Gasteiger partial charge on any atom is -0.492 e. The van der Waals surface area contributed by atoms with Crippen molar-refractivity contribution in [3.05, 3.63) is 71.4 Å². The van der Waals surface area contributed by atoms with E-state index in [1.54, 1.807) is 7.11 Å². The molecule has 1 amide bonds. The summed E-state index contributed by atoms with van der Waals surface area (Å²) in [6, 6.07) is 13.7. The van der Waals surface area contributed by atoms with Gasteiger partial charge in [-0.2, -0.15) is 17.7 Å². The van der Waals surface area contributed by atoms with Crippen LogP contribution in [0.5, 0.6) is 28.7 Å². The highest BCUT2D eigenvalue weighted by molar-refractivity contribution is 5.97. The number of carbonyl (C=O) groups is 1. The molecule has 4 aromatic rings. The van der Waals surface area contributed by atoms with E-state index in [1.807, 2.05) is 18.2 Å². The van der Waals surface area contributed by atoms with Gasteiger partial charge in [-0.05, 0) is 47.3 Å². The molecule has 1 aromatic heterocycles. The van der Waals surface area contributed by atoms with E-state index in [4.69, 9.17) is 44.3 Å². The molecule has 55 heavy (non-hydrogen) atoms. The molecule has 3 aliphatic rings. The van der Waals surface area contributed by atoms with Crippen molar-refractivity contribution in [1.29, 1.82) is 0 Å². The molecule has 0 aliphatic carbocycles. The Hall–Kier alpha value is -5.63. The summed E-state index contributed by atoms with van der Waals surface area (Å²) in [4.78, 5) is 12.9. The van der Waals surface area contributed by atoms with Gasteiger partial charge >= 0.3 is 11.8 Å². The highest BCUT2D eigenvalue weighted by atomic mass is 19.4. The number of pyridine rings is 1. The minimum atomic E-state index is -4.73. The van der Waals surface area contributed by atoms with Gasteiger partial charge in [0.25, 0.3) is 5.91 Å². The number of amides is 1. The van der Waals surface area contributed by atoms with Crippen LogP contribution in [-0.4, -0.2) is 85.4 Å². The van der Waals surface area contributed by atoms with Gasteiger partial charge in [0.2, 0.25) is 12.5 Å². The normalized spacial score (nSPS) is 14.5. The van der Waals surface area contributed by atoms with Gasteiger partial charge in [-0.3, -0.25) is 4.79 Å². The number of ether oxygens (including phenoxy) is 8. The molecule has 0 spiro atoms. The molecule has 13 nitrogen and oxygen atoms in total. The molecule has 1 N–H and O–H groups in total. The maximum atomic E-state index is 13.6. The summed E-state index contributed by atoms with van der Waals surface area (Å²) in [6.07, 6.45) is 3.38. The number of nitrogens with zero attached hydrogens (tertiary/aromatic N) is 3. The van der Waals surface area contributed by atoms with Crippen LogP contribution in [0.4, 0.5) is 13.2 Å². The van der Waals surface area contributed by atoms with Crippen molar-refractivity contribution >= 4 is 16.7 Å². The molecule has 4 heterocycles. The second-order valence-corrected chi connectivity index (χ2v) is 12.6. The molecular formula is C39H38F3N4O9+. The molecule has 0 saturated heterocycles. The highest BCUT2D eigenvalue weighted by Crippen LogP contribution is 2.53. The van der Waals surface area contributed by atoms with Gasteiger partial charge in [-0.1, -0.05) is 12.0 Å². The van der Waals surface area contributed by atoms with Gasteiger partial charge in [0, 0.05) is 24.6 Å². The van der Waals surface area contributed by atoms with Crippen molar-refractivity contribution in [3.8, 4) is 52.3 Å². The molecule has 0 bridgehead atoms. The third kappa shape index (κ3) is 8.09. The third-order valence-corrected chi connectivity index (χ3v) is 9.16. The maximum absolute atomic E-state index is 13.6. The lowest BCUT2D eigenvalue weighted by atomic mass is 9.95. The number of rotatable bonds is 18.